The van der Waals surface area contributed by atoms with Crippen LogP contribution in [0, 0.1) is 11.8 Å². The zero-order chi connectivity index (χ0) is 13.1. The maximum absolute atomic E-state index is 11.8. The third kappa shape index (κ3) is 3.09. The summed E-state index contributed by atoms with van der Waals surface area (Å²) in [5, 5.41) is 2.70. The summed E-state index contributed by atoms with van der Waals surface area (Å²) in [5.41, 5.74) is 0.699. The standard InChI is InChI=1S/C14H17NO3/c1-9-8-12(9)14(17)18-10(2)13(16)15-11-6-4-3-5-7-11/h3-7,9-10,12H,8H2,1-2H3,(H,15,16). The van der Waals surface area contributed by atoms with Crippen LogP contribution in [0.2, 0.25) is 0 Å². The van der Waals surface area contributed by atoms with E-state index in [2.05, 4.69) is 5.32 Å². The Balaban J connectivity index is 1.83. The summed E-state index contributed by atoms with van der Waals surface area (Å²) in [6.07, 6.45) is 0.108. The van der Waals surface area contributed by atoms with Gasteiger partial charge in [0.05, 0.1) is 5.92 Å². The molecule has 3 unspecified atom stereocenters. The van der Waals surface area contributed by atoms with Crippen molar-refractivity contribution in [2.45, 2.75) is 26.4 Å². The van der Waals surface area contributed by atoms with Crippen LogP contribution in [0.5, 0.6) is 0 Å². The first kappa shape index (κ1) is 12.6. The van der Waals surface area contributed by atoms with Crippen molar-refractivity contribution >= 4 is 17.6 Å². The fourth-order valence-electron chi connectivity index (χ4n) is 1.73. The van der Waals surface area contributed by atoms with Gasteiger partial charge in [-0.25, -0.2) is 0 Å². The van der Waals surface area contributed by atoms with Crippen LogP contribution < -0.4 is 5.32 Å². The Morgan fingerprint density at radius 1 is 1.33 bits per heavy atom. The van der Waals surface area contributed by atoms with Crippen molar-refractivity contribution in [1.82, 2.24) is 0 Å². The van der Waals surface area contributed by atoms with Gasteiger partial charge in [-0.05, 0) is 31.4 Å². The molecule has 96 valence electrons. The van der Waals surface area contributed by atoms with Gasteiger partial charge in [-0.1, -0.05) is 25.1 Å². The maximum atomic E-state index is 11.8. The number of para-hydroxylation sites is 1. The number of hydrogen-bond acceptors (Lipinski definition) is 3. The second kappa shape index (κ2) is 5.21. The molecule has 0 bridgehead atoms. The maximum Gasteiger partial charge on any atom is 0.309 e. The molecule has 4 nitrogen and oxygen atoms in total. The minimum absolute atomic E-state index is 0.0167. The highest BCUT2D eigenvalue weighted by Crippen LogP contribution is 2.38. The Labute approximate surface area is 106 Å². The van der Waals surface area contributed by atoms with Gasteiger partial charge in [0.2, 0.25) is 0 Å². The lowest BCUT2D eigenvalue weighted by atomic mass is 10.3. The number of hydrogen-bond donors (Lipinski definition) is 1. The van der Waals surface area contributed by atoms with Crippen molar-refractivity contribution in [2.24, 2.45) is 11.8 Å². The molecule has 1 amide bonds. The Bertz CT molecular complexity index is 444. The van der Waals surface area contributed by atoms with Crippen LogP contribution in [0.15, 0.2) is 30.3 Å². The third-order valence-corrected chi connectivity index (χ3v) is 3.12. The molecule has 0 saturated heterocycles. The summed E-state index contributed by atoms with van der Waals surface area (Å²) in [4.78, 5) is 23.4. The van der Waals surface area contributed by atoms with Crippen LogP contribution in [0.3, 0.4) is 0 Å². The molecule has 0 aromatic heterocycles. The predicted molar refractivity (Wildman–Crippen MR) is 67.9 cm³/mol. The molecule has 4 heteroatoms. The van der Waals surface area contributed by atoms with E-state index >= 15 is 0 Å². The van der Waals surface area contributed by atoms with Crippen LogP contribution in [0.4, 0.5) is 5.69 Å². The zero-order valence-electron chi connectivity index (χ0n) is 10.6. The quantitative estimate of drug-likeness (QED) is 0.830. The number of carbonyl (C=O) groups excluding carboxylic acids is 2. The van der Waals surface area contributed by atoms with Gasteiger partial charge < -0.3 is 10.1 Å². The Kier molecular flexibility index (Phi) is 3.65. The number of anilines is 1. The summed E-state index contributed by atoms with van der Waals surface area (Å²) in [5.74, 6) is -0.195. The predicted octanol–water partition coefficient (Wildman–Crippen LogP) is 2.21. The highest BCUT2D eigenvalue weighted by molar-refractivity contribution is 5.95. The van der Waals surface area contributed by atoms with Gasteiger partial charge in [0.1, 0.15) is 0 Å². The number of ether oxygens (including phenoxy) is 1. The topological polar surface area (TPSA) is 55.4 Å². The lowest BCUT2D eigenvalue weighted by Gasteiger charge is -2.13. The molecule has 0 heterocycles. The van der Waals surface area contributed by atoms with Crippen LogP contribution >= 0.6 is 0 Å². The SMILES string of the molecule is CC(OC(=O)C1CC1C)C(=O)Nc1ccccc1. The monoisotopic (exact) mass is 247 g/mol. The van der Waals surface area contributed by atoms with E-state index in [1.807, 2.05) is 25.1 Å². The molecule has 0 aliphatic heterocycles. The molecule has 2 rings (SSSR count). The summed E-state index contributed by atoms with van der Waals surface area (Å²) < 4.78 is 5.13. The van der Waals surface area contributed by atoms with Gasteiger partial charge in [0, 0.05) is 5.69 Å². The molecule has 18 heavy (non-hydrogen) atoms. The molecule has 1 fully saturated rings. The van der Waals surface area contributed by atoms with E-state index in [4.69, 9.17) is 4.74 Å². The minimum Gasteiger partial charge on any atom is -0.452 e. The molecule has 1 N–H and O–H groups in total. The van der Waals surface area contributed by atoms with E-state index in [1.165, 1.54) is 0 Å². The molecule has 0 radical (unpaired) electrons. The Morgan fingerprint density at radius 2 is 1.94 bits per heavy atom. The summed E-state index contributed by atoms with van der Waals surface area (Å²) in [6, 6.07) is 9.11. The van der Waals surface area contributed by atoms with Gasteiger partial charge >= 0.3 is 5.97 Å². The van der Waals surface area contributed by atoms with Crippen molar-refractivity contribution in [1.29, 1.82) is 0 Å². The molecule has 0 spiro atoms. The summed E-state index contributed by atoms with van der Waals surface area (Å²) in [7, 11) is 0. The molecule has 1 aliphatic rings. The van der Waals surface area contributed by atoms with Crippen molar-refractivity contribution in [2.75, 3.05) is 5.32 Å². The number of esters is 1. The molecular weight excluding hydrogens is 230 g/mol. The van der Waals surface area contributed by atoms with Gasteiger partial charge in [-0.15, -0.1) is 0 Å². The fraction of sp³-hybridized carbons (Fsp3) is 0.429. The molecule has 3 atom stereocenters. The number of benzene rings is 1. The van der Waals surface area contributed by atoms with Gasteiger partial charge in [0.15, 0.2) is 6.10 Å². The van der Waals surface area contributed by atoms with Crippen LogP contribution in [0.1, 0.15) is 20.3 Å². The van der Waals surface area contributed by atoms with Crippen LogP contribution in [0.25, 0.3) is 0 Å². The Morgan fingerprint density at radius 3 is 2.50 bits per heavy atom. The van der Waals surface area contributed by atoms with Crippen molar-refractivity contribution < 1.29 is 14.3 Å². The van der Waals surface area contributed by atoms with Gasteiger partial charge in [-0.3, -0.25) is 9.59 Å². The van der Waals surface area contributed by atoms with Crippen molar-refractivity contribution in [3.05, 3.63) is 30.3 Å². The number of carbonyl (C=O) groups is 2. The van der Waals surface area contributed by atoms with E-state index in [0.29, 0.717) is 11.6 Å². The second-order valence-corrected chi connectivity index (χ2v) is 4.75. The average molecular weight is 247 g/mol. The lowest BCUT2D eigenvalue weighted by Crippen LogP contribution is -2.30. The van der Waals surface area contributed by atoms with E-state index in [-0.39, 0.29) is 17.8 Å². The smallest absolute Gasteiger partial charge is 0.309 e. The highest BCUT2D eigenvalue weighted by atomic mass is 16.5. The molecular formula is C14H17NO3. The van der Waals surface area contributed by atoms with Gasteiger partial charge in [0.25, 0.3) is 5.91 Å². The highest BCUT2D eigenvalue weighted by Gasteiger charge is 2.41. The van der Waals surface area contributed by atoms with E-state index < -0.39 is 6.10 Å². The van der Waals surface area contributed by atoms with E-state index in [1.54, 1.807) is 19.1 Å². The third-order valence-electron chi connectivity index (χ3n) is 3.12. The normalized spacial score (nSPS) is 23.0. The summed E-state index contributed by atoms with van der Waals surface area (Å²) >= 11 is 0. The Hall–Kier alpha value is -1.84. The largest absolute Gasteiger partial charge is 0.452 e. The van der Waals surface area contributed by atoms with Crippen LogP contribution in [-0.2, 0) is 14.3 Å². The molecule has 1 aromatic rings. The van der Waals surface area contributed by atoms with Crippen LogP contribution in [-0.4, -0.2) is 18.0 Å². The average Bonchev–Trinajstić information content (AvgIpc) is 3.07. The summed E-state index contributed by atoms with van der Waals surface area (Å²) in [6.45, 7) is 3.59. The van der Waals surface area contributed by atoms with Crippen molar-refractivity contribution in [3.63, 3.8) is 0 Å². The van der Waals surface area contributed by atoms with Crippen molar-refractivity contribution in [3.8, 4) is 0 Å². The molecule has 1 aromatic carbocycles. The van der Waals surface area contributed by atoms with E-state index in [0.717, 1.165) is 6.42 Å². The fourth-order valence-corrected chi connectivity index (χ4v) is 1.73. The minimum atomic E-state index is -0.759. The molecule has 1 saturated carbocycles. The van der Waals surface area contributed by atoms with Gasteiger partial charge in [-0.2, -0.15) is 0 Å². The first-order valence-corrected chi connectivity index (χ1v) is 6.14. The second-order valence-electron chi connectivity index (χ2n) is 4.75. The number of nitrogens with one attached hydrogen (secondary N) is 1. The number of amides is 1. The van der Waals surface area contributed by atoms with E-state index in [9.17, 15) is 9.59 Å². The first-order valence-electron chi connectivity index (χ1n) is 6.14. The first-order chi connectivity index (χ1) is 8.58. The number of rotatable bonds is 4. The lowest BCUT2D eigenvalue weighted by molar-refractivity contribution is -0.154. The molecule has 1 aliphatic carbocycles. The zero-order valence-corrected chi connectivity index (χ0v) is 10.6.